The molecule has 28 heavy (non-hydrogen) atoms. The molecule has 0 aromatic heterocycles. The first kappa shape index (κ1) is 21.8. The minimum absolute atomic E-state index is 0.149. The highest BCUT2D eigenvalue weighted by molar-refractivity contribution is 9.10. The molecule has 0 saturated heterocycles. The zero-order valence-electron chi connectivity index (χ0n) is 16.1. The van der Waals surface area contributed by atoms with Crippen LogP contribution in [0.3, 0.4) is 0 Å². The van der Waals surface area contributed by atoms with Crippen molar-refractivity contribution in [3.8, 4) is 11.5 Å². The van der Waals surface area contributed by atoms with Gasteiger partial charge in [-0.1, -0.05) is 28.1 Å². The maximum atomic E-state index is 12.2. The van der Waals surface area contributed by atoms with E-state index < -0.39 is 18.0 Å². The van der Waals surface area contributed by atoms with Gasteiger partial charge in [0.15, 0.2) is 0 Å². The Labute approximate surface area is 172 Å². The number of rotatable bonds is 9. The van der Waals surface area contributed by atoms with Gasteiger partial charge in [-0.3, -0.25) is 4.79 Å². The first-order valence-corrected chi connectivity index (χ1v) is 9.60. The van der Waals surface area contributed by atoms with E-state index in [1.807, 2.05) is 36.4 Å². The largest absolute Gasteiger partial charge is 0.497 e. The van der Waals surface area contributed by atoms with Crippen LogP contribution in [0, 0.1) is 0 Å². The van der Waals surface area contributed by atoms with E-state index in [1.54, 1.807) is 20.1 Å². The molecule has 2 aromatic rings. The summed E-state index contributed by atoms with van der Waals surface area (Å²) in [5.74, 6) is 0.236. The van der Waals surface area contributed by atoms with Crippen LogP contribution in [0.1, 0.15) is 25.0 Å². The fourth-order valence-electron chi connectivity index (χ4n) is 2.54. The molecule has 0 saturated carbocycles. The van der Waals surface area contributed by atoms with E-state index in [1.165, 1.54) is 6.92 Å². The standard InChI is InChI=1S/C21H23BrO6/c1-4-26-21(24)20(28-14(2)23)12-16-11-17(22)7-10-19(16)27-13-15-5-8-18(25-3)9-6-15/h5-11,20H,4,12-13H2,1-3H3. The molecule has 0 aliphatic heterocycles. The molecule has 2 aromatic carbocycles. The number of carbonyl (C=O) groups excluding carboxylic acids is 2. The number of carbonyl (C=O) groups is 2. The van der Waals surface area contributed by atoms with Gasteiger partial charge in [0.25, 0.3) is 0 Å². The molecule has 0 radical (unpaired) electrons. The SMILES string of the molecule is CCOC(=O)C(Cc1cc(Br)ccc1OCc1ccc(OC)cc1)OC(C)=O. The summed E-state index contributed by atoms with van der Waals surface area (Å²) in [6.45, 7) is 3.51. The number of hydrogen-bond acceptors (Lipinski definition) is 6. The molecule has 0 N–H and O–H groups in total. The third-order valence-electron chi connectivity index (χ3n) is 3.84. The highest BCUT2D eigenvalue weighted by atomic mass is 79.9. The van der Waals surface area contributed by atoms with E-state index in [9.17, 15) is 9.59 Å². The molecule has 0 heterocycles. The lowest BCUT2D eigenvalue weighted by Crippen LogP contribution is -2.30. The van der Waals surface area contributed by atoms with Gasteiger partial charge in [0.05, 0.1) is 13.7 Å². The van der Waals surface area contributed by atoms with Gasteiger partial charge < -0.3 is 18.9 Å². The Kier molecular flexibility index (Phi) is 8.32. The van der Waals surface area contributed by atoms with E-state index >= 15 is 0 Å². The maximum Gasteiger partial charge on any atom is 0.347 e. The predicted molar refractivity (Wildman–Crippen MR) is 107 cm³/mol. The summed E-state index contributed by atoms with van der Waals surface area (Å²) in [5, 5.41) is 0. The van der Waals surface area contributed by atoms with Gasteiger partial charge in [0.2, 0.25) is 6.10 Å². The van der Waals surface area contributed by atoms with Crippen LogP contribution in [-0.4, -0.2) is 31.8 Å². The summed E-state index contributed by atoms with van der Waals surface area (Å²) < 4.78 is 22.1. The van der Waals surface area contributed by atoms with Crippen molar-refractivity contribution in [2.24, 2.45) is 0 Å². The van der Waals surface area contributed by atoms with Crippen molar-refractivity contribution in [2.75, 3.05) is 13.7 Å². The fourth-order valence-corrected chi connectivity index (χ4v) is 2.95. The minimum Gasteiger partial charge on any atom is -0.497 e. The number of methoxy groups -OCH3 is 1. The monoisotopic (exact) mass is 450 g/mol. The lowest BCUT2D eigenvalue weighted by Gasteiger charge is -2.18. The predicted octanol–water partition coefficient (Wildman–Crippen LogP) is 4.07. The van der Waals surface area contributed by atoms with Gasteiger partial charge in [0.1, 0.15) is 18.1 Å². The molecule has 1 unspecified atom stereocenters. The molecule has 0 fully saturated rings. The van der Waals surface area contributed by atoms with E-state index in [0.29, 0.717) is 12.4 Å². The van der Waals surface area contributed by atoms with Crippen LogP contribution in [0.25, 0.3) is 0 Å². The van der Waals surface area contributed by atoms with E-state index in [-0.39, 0.29) is 13.0 Å². The Hall–Kier alpha value is -2.54. The van der Waals surface area contributed by atoms with Crippen molar-refractivity contribution in [3.63, 3.8) is 0 Å². The van der Waals surface area contributed by atoms with E-state index in [4.69, 9.17) is 18.9 Å². The number of benzene rings is 2. The summed E-state index contributed by atoms with van der Waals surface area (Å²) >= 11 is 3.42. The van der Waals surface area contributed by atoms with Crippen LogP contribution in [0.4, 0.5) is 0 Å². The third-order valence-corrected chi connectivity index (χ3v) is 4.33. The molecule has 0 spiro atoms. The Morgan fingerprint density at radius 3 is 2.43 bits per heavy atom. The molecule has 7 heteroatoms. The summed E-state index contributed by atoms with van der Waals surface area (Å²) in [4.78, 5) is 23.5. The van der Waals surface area contributed by atoms with Crippen molar-refractivity contribution >= 4 is 27.9 Å². The normalized spacial score (nSPS) is 11.4. The van der Waals surface area contributed by atoms with Crippen LogP contribution in [0.5, 0.6) is 11.5 Å². The number of esters is 2. The van der Waals surface area contributed by atoms with Crippen LogP contribution in [0.2, 0.25) is 0 Å². The van der Waals surface area contributed by atoms with Crippen LogP contribution >= 0.6 is 15.9 Å². The number of ether oxygens (including phenoxy) is 4. The number of halogens is 1. The van der Waals surface area contributed by atoms with Gasteiger partial charge in [-0.25, -0.2) is 4.79 Å². The topological polar surface area (TPSA) is 71.1 Å². The zero-order valence-corrected chi connectivity index (χ0v) is 17.7. The summed E-state index contributed by atoms with van der Waals surface area (Å²) in [5.41, 5.74) is 1.69. The summed E-state index contributed by atoms with van der Waals surface area (Å²) in [6.07, 6.45) is -0.884. The van der Waals surface area contributed by atoms with Crippen molar-refractivity contribution in [3.05, 3.63) is 58.1 Å². The first-order valence-electron chi connectivity index (χ1n) is 8.81. The van der Waals surface area contributed by atoms with Crippen molar-refractivity contribution < 1.29 is 28.5 Å². The average Bonchev–Trinajstić information content (AvgIpc) is 2.67. The lowest BCUT2D eigenvalue weighted by atomic mass is 10.1. The third kappa shape index (κ3) is 6.56. The van der Waals surface area contributed by atoms with E-state index in [0.717, 1.165) is 21.3 Å². The molecule has 150 valence electrons. The fraction of sp³-hybridized carbons (Fsp3) is 0.333. The first-order chi connectivity index (χ1) is 13.4. The highest BCUT2D eigenvalue weighted by Gasteiger charge is 2.25. The second-order valence-electron chi connectivity index (χ2n) is 5.94. The van der Waals surface area contributed by atoms with Crippen molar-refractivity contribution in [2.45, 2.75) is 33.0 Å². The smallest absolute Gasteiger partial charge is 0.347 e. The van der Waals surface area contributed by atoms with Crippen molar-refractivity contribution in [1.29, 1.82) is 0 Å². The van der Waals surface area contributed by atoms with Gasteiger partial charge in [0, 0.05) is 17.8 Å². The Balaban J connectivity index is 2.16. The Morgan fingerprint density at radius 2 is 1.82 bits per heavy atom. The number of hydrogen-bond donors (Lipinski definition) is 0. The molecule has 0 amide bonds. The van der Waals surface area contributed by atoms with Gasteiger partial charge >= 0.3 is 11.9 Å². The molecule has 0 bridgehead atoms. The van der Waals surface area contributed by atoms with Crippen molar-refractivity contribution in [1.82, 2.24) is 0 Å². The van der Waals surface area contributed by atoms with Crippen LogP contribution < -0.4 is 9.47 Å². The Morgan fingerprint density at radius 1 is 1.11 bits per heavy atom. The summed E-state index contributed by atoms with van der Waals surface area (Å²) in [6, 6.07) is 13.0. The molecule has 0 aliphatic carbocycles. The quantitative estimate of drug-likeness (QED) is 0.536. The molecular formula is C21H23BrO6. The van der Waals surface area contributed by atoms with E-state index in [2.05, 4.69) is 15.9 Å². The van der Waals surface area contributed by atoms with Gasteiger partial charge in [-0.05, 0) is 48.4 Å². The molecule has 6 nitrogen and oxygen atoms in total. The van der Waals surface area contributed by atoms with Crippen LogP contribution in [0.15, 0.2) is 46.9 Å². The Bertz CT molecular complexity index is 803. The second-order valence-corrected chi connectivity index (χ2v) is 6.86. The minimum atomic E-state index is -1.03. The highest BCUT2D eigenvalue weighted by Crippen LogP contribution is 2.26. The van der Waals surface area contributed by atoms with Gasteiger partial charge in [-0.2, -0.15) is 0 Å². The van der Waals surface area contributed by atoms with Gasteiger partial charge in [-0.15, -0.1) is 0 Å². The van der Waals surface area contributed by atoms with Crippen LogP contribution in [-0.2, 0) is 32.1 Å². The molecule has 1 atom stereocenters. The average molecular weight is 451 g/mol. The summed E-state index contributed by atoms with van der Waals surface area (Å²) in [7, 11) is 1.61. The second kappa shape index (κ2) is 10.7. The molecule has 2 rings (SSSR count). The molecule has 0 aliphatic rings. The molecular weight excluding hydrogens is 428 g/mol. The maximum absolute atomic E-state index is 12.2. The lowest BCUT2D eigenvalue weighted by molar-refractivity contribution is -0.166. The zero-order chi connectivity index (χ0) is 20.5.